The molecule has 1 aliphatic heterocycles. The molecule has 0 amide bonds. The van der Waals surface area contributed by atoms with Gasteiger partial charge in [0.1, 0.15) is 0 Å². The maximum atomic E-state index is 5.76. The normalized spacial score (nSPS) is 15.2. The maximum Gasteiger partial charge on any atom is 0.191 e. The van der Waals surface area contributed by atoms with E-state index in [2.05, 4.69) is 47.4 Å². The van der Waals surface area contributed by atoms with Crippen molar-refractivity contribution in [3.63, 3.8) is 0 Å². The molecule has 1 aliphatic rings. The molecule has 1 aromatic heterocycles. The average Bonchev–Trinajstić information content (AvgIpc) is 3.09. The molecule has 0 radical (unpaired) electrons. The van der Waals surface area contributed by atoms with E-state index in [9.17, 15) is 0 Å². The first-order valence-electron chi connectivity index (χ1n) is 9.19. The van der Waals surface area contributed by atoms with E-state index in [1.54, 1.807) is 11.3 Å². The van der Waals surface area contributed by atoms with Crippen LogP contribution >= 0.6 is 11.3 Å². The van der Waals surface area contributed by atoms with Crippen LogP contribution in [0, 0.1) is 0 Å². The number of nitrogens with one attached hydrogen (secondary N) is 2. The summed E-state index contributed by atoms with van der Waals surface area (Å²) in [5.41, 5.74) is 2.47. The van der Waals surface area contributed by atoms with Crippen LogP contribution in [0.1, 0.15) is 37.3 Å². The molecule has 3 rings (SSSR count). The molecule has 0 aliphatic carbocycles. The third-order valence-electron chi connectivity index (χ3n) is 4.26. The fraction of sp³-hybridized carbons (Fsp3) is 0.450. The van der Waals surface area contributed by atoms with Gasteiger partial charge in [-0.15, -0.1) is 0 Å². The summed E-state index contributed by atoms with van der Waals surface area (Å²) in [7, 11) is 0. The predicted molar refractivity (Wildman–Crippen MR) is 108 cm³/mol. The molecule has 1 aromatic carbocycles. The van der Waals surface area contributed by atoms with Gasteiger partial charge in [-0.2, -0.15) is 11.3 Å². The highest BCUT2D eigenvalue weighted by Crippen LogP contribution is 2.30. The first-order chi connectivity index (χ1) is 12.8. The van der Waals surface area contributed by atoms with E-state index in [0.29, 0.717) is 25.7 Å². The number of aliphatic imine (C=N–C) groups is 1. The van der Waals surface area contributed by atoms with Gasteiger partial charge in [0.05, 0.1) is 19.8 Å². The van der Waals surface area contributed by atoms with Gasteiger partial charge in [-0.25, -0.2) is 4.99 Å². The summed E-state index contributed by atoms with van der Waals surface area (Å²) in [5, 5.41) is 11.1. The van der Waals surface area contributed by atoms with E-state index in [1.165, 1.54) is 5.56 Å². The topological polar surface area (TPSA) is 54.9 Å². The van der Waals surface area contributed by atoms with E-state index < -0.39 is 0 Å². The van der Waals surface area contributed by atoms with Crippen LogP contribution in [0.3, 0.4) is 0 Å². The van der Waals surface area contributed by atoms with Gasteiger partial charge in [0.15, 0.2) is 17.5 Å². The fourth-order valence-corrected chi connectivity index (χ4v) is 3.52. The van der Waals surface area contributed by atoms with Crippen molar-refractivity contribution in [2.45, 2.75) is 32.7 Å². The molecule has 0 saturated heterocycles. The third kappa shape index (κ3) is 5.14. The van der Waals surface area contributed by atoms with Crippen molar-refractivity contribution in [1.82, 2.24) is 10.6 Å². The Labute approximate surface area is 159 Å². The molecule has 0 saturated carbocycles. The number of ether oxygens (including phenoxy) is 2. The quantitative estimate of drug-likeness (QED) is 0.598. The highest BCUT2D eigenvalue weighted by atomic mass is 32.1. The predicted octanol–water partition coefficient (Wildman–Crippen LogP) is 3.77. The van der Waals surface area contributed by atoms with Gasteiger partial charge >= 0.3 is 0 Å². The Bertz CT molecular complexity index is 716. The van der Waals surface area contributed by atoms with Gasteiger partial charge in [0.25, 0.3) is 0 Å². The van der Waals surface area contributed by atoms with E-state index in [1.807, 2.05) is 12.1 Å². The van der Waals surface area contributed by atoms with Gasteiger partial charge in [-0.05, 0) is 52.9 Å². The maximum absolute atomic E-state index is 5.76. The summed E-state index contributed by atoms with van der Waals surface area (Å²) in [4.78, 5) is 4.71. The van der Waals surface area contributed by atoms with E-state index in [0.717, 1.165) is 42.5 Å². The zero-order chi connectivity index (χ0) is 18.2. The van der Waals surface area contributed by atoms with Crippen LogP contribution in [0.4, 0.5) is 0 Å². The van der Waals surface area contributed by atoms with Gasteiger partial charge in [-0.3, -0.25) is 0 Å². The van der Waals surface area contributed by atoms with Crippen molar-refractivity contribution in [1.29, 1.82) is 0 Å². The summed E-state index contributed by atoms with van der Waals surface area (Å²) >= 11 is 1.74. The molecule has 0 spiro atoms. The van der Waals surface area contributed by atoms with Crippen molar-refractivity contribution in [2.24, 2.45) is 4.99 Å². The number of guanidine groups is 1. The van der Waals surface area contributed by atoms with Crippen molar-refractivity contribution < 1.29 is 9.47 Å². The molecule has 140 valence electrons. The van der Waals surface area contributed by atoms with Crippen LogP contribution in [0.2, 0.25) is 0 Å². The van der Waals surface area contributed by atoms with E-state index in [-0.39, 0.29) is 0 Å². The van der Waals surface area contributed by atoms with Gasteiger partial charge < -0.3 is 20.1 Å². The summed E-state index contributed by atoms with van der Waals surface area (Å²) in [6.07, 6.45) is 0.916. The molecule has 26 heavy (non-hydrogen) atoms. The Balaban J connectivity index is 1.60. The van der Waals surface area contributed by atoms with Crippen molar-refractivity contribution in [2.75, 3.05) is 26.3 Å². The number of nitrogens with zero attached hydrogens (tertiary/aromatic N) is 1. The number of hydrogen-bond acceptors (Lipinski definition) is 4. The SMILES string of the molecule is CCNC(=NCc1ccc2c(c1)OCCCO2)NCC(C)c1ccsc1. The first-order valence-corrected chi connectivity index (χ1v) is 10.1. The van der Waals surface area contributed by atoms with E-state index >= 15 is 0 Å². The van der Waals surface area contributed by atoms with E-state index in [4.69, 9.17) is 14.5 Å². The van der Waals surface area contributed by atoms with Crippen LogP contribution < -0.4 is 20.1 Å². The largest absolute Gasteiger partial charge is 0.490 e. The molecular formula is C20H27N3O2S. The molecule has 1 atom stereocenters. The number of benzene rings is 1. The molecule has 0 fully saturated rings. The monoisotopic (exact) mass is 373 g/mol. The van der Waals surface area contributed by atoms with Crippen LogP contribution in [0.15, 0.2) is 40.0 Å². The van der Waals surface area contributed by atoms with Gasteiger partial charge in [0.2, 0.25) is 0 Å². The lowest BCUT2D eigenvalue weighted by molar-refractivity contribution is 0.297. The Kier molecular flexibility index (Phi) is 6.77. The fourth-order valence-electron chi connectivity index (χ4n) is 2.74. The van der Waals surface area contributed by atoms with Crippen LogP contribution in [-0.4, -0.2) is 32.3 Å². The lowest BCUT2D eigenvalue weighted by Crippen LogP contribution is -2.39. The van der Waals surface area contributed by atoms with Crippen LogP contribution in [-0.2, 0) is 6.54 Å². The van der Waals surface area contributed by atoms with Crippen molar-refractivity contribution >= 4 is 17.3 Å². The minimum atomic E-state index is 0.447. The molecule has 1 unspecified atom stereocenters. The zero-order valence-electron chi connectivity index (χ0n) is 15.5. The van der Waals surface area contributed by atoms with Crippen LogP contribution in [0.25, 0.3) is 0 Å². The van der Waals surface area contributed by atoms with Crippen molar-refractivity contribution in [3.8, 4) is 11.5 Å². The smallest absolute Gasteiger partial charge is 0.191 e. The summed E-state index contributed by atoms with van der Waals surface area (Å²) in [6, 6.07) is 8.24. The molecule has 5 nitrogen and oxygen atoms in total. The second kappa shape index (κ2) is 9.48. The number of fused-ring (bicyclic) bond motifs is 1. The molecule has 2 heterocycles. The summed E-state index contributed by atoms with van der Waals surface area (Å²) in [6.45, 7) is 7.99. The average molecular weight is 374 g/mol. The minimum Gasteiger partial charge on any atom is -0.490 e. The molecule has 2 N–H and O–H groups in total. The Morgan fingerprint density at radius 3 is 2.81 bits per heavy atom. The Hall–Kier alpha value is -2.21. The molecule has 6 heteroatoms. The molecule has 2 aromatic rings. The molecule has 0 bridgehead atoms. The van der Waals surface area contributed by atoms with Crippen LogP contribution in [0.5, 0.6) is 11.5 Å². The first kappa shape index (κ1) is 18.6. The third-order valence-corrected chi connectivity index (χ3v) is 4.97. The number of thiophene rings is 1. The summed E-state index contributed by atoms with van der Waals surface area (Å²) in [5.74, 6) is 2.92. The standard InChI is InChI=1S/C20H27N3O2S/c1-3-21-20(22-12-15(2)17-7-10-26-14-17)23-13-16-5-6-18-19(11-16)25-9-4-8-24-18/h5-7,10-11,14-15H,3-4,8-9,12-13H2,1-2H3,(H2,21,22,23). The van der Waals surface area contributed by atoms with Crippen molar-refractivity contribution in [3.05, 3.63) is 46.2 Å². The second-order valence-electron chi connectivity index (χ2n) is 6.37. The zero-order valence-corrected chi connectivity index (χ0v) is 16.3. The number of hydrogen-bond donors (Lipinski definition) is 2. The number of rotatable bonds is 6. The Morgan fingerprint density at radius 2 is 2.04 bits per heavy atom. The van der Waals surface area contributed by atoms with Gasteiger partial charge in [-0.1, -0.05) is 13.0 Å². The highest BCUT2D eigenvalue weighted by molar-refractivity contribution is 7.07. The Morgan fingerprint density at radius 1 is 1.19 bits per heavy atom. The second-order valence-corrected chi connectivity index (χ2v) is 7.15. The minimum absolute atomic E-state index is 0.447. The highest BCUT2D eigenvalue weighted by Gasteiger charge is 2.11. The lowest BCUT2D eigenvalue weighted by atomic mass is 10.1. The van der Waals surface area contributed by atoms with Gasteiger partial charge in [0, 0.05) is 19.5 Å². The molecular weight excluding hydrogens is 346 g/mol. The lowest BCUT2D eigenvalue weighted by Gasteiger charge is -2.15. The summed E-state index contributed by atoms with van der Waals surface area (Å²) < 4.78 is 11.4.